The van der Waals surface area contributed by atoms with Gasteiger partial charge in [-0.05, 0) is 6.07 Å². The summed E-state index contributed by atoms with van der Waals surface area (Å²) in [5.74, 6) is -0.429. The summed E-state index contributed by atoms with van der Waals surface area (Å²) in [4.78, 5) is 11.7. The summed E-state index contributed by atoms with van der Waals surface area (Å²) in [6.45, 7) is -0.849. The van der Waals surface area contributed by atoms with E-state index >= 15 is 0 Å². The lowest BCUT2D eigenvalue weighted by atomic mass is 10.0. The van der Waals surface area contributed by atoms with Crippen LogP contribution in [-0.2, 0) is 6.67 Å². The summed E-state index contributed by atoms with van der Waals surface area (Å²) in [6.07, 6.45) is 0. The van der Waals surface area contributed by atoms with Gasteiger partial charge in [0.2, 0.25) is 0 Å². The number of rotatable bonds is 1. The molecule has 1 heterocycles. The van der Waals surface area contributed by atoms with Crippen molar-refractivity contribution >= 4 is 46.3 Å². The number of thiocarbonyl (C=S) groups is 1. The highest BCUT2D eigenvalue weighted by molar-refractivity contribution is 7.80. The highest BCUT2D eigenvalue weighted by Crippen LogP contribution is 2.34. The first-order valence-electron chi connectivity index (χ1n) is 3.98. The highest BCUT2D eigenvalue weighted by atomic mass is 35.5. The number of amides is 1. The Morgan fingerprint density at radius 2 is 2.13 bits per heavy atom. The molecule has 1 N–H and O–H groups in total. The minimum atomic E-state index is -0.849. The van der Waals surface area contributed by atoms with Crippen LogP contribution >= 0.6 is 35.4 Å². The number of fused-ring (bicyclic) bond motifs is 1. The third-order valence-corrected chi connectivity index (χ3v) is 3.30. The molecule has 0 saturated heterocycles. The largest absolute Gasteiger partial charge is 0.312 e. The van der Waals surface area contributed by atoms with Crippen molar-refractivity contribution in [1.82, 2.24) is 5.32 Å². The highest BCUT2D eigenvalue weighted by Gasteiger charge is 2.29. The molecule has 0 atom stereocenters. The van der Waals surface area contributed by atoms with Crippen LogP contribution in [0.3, 0.4) is 0 Å². The van der Waals surface area contributed by atoms with Crippen LogP contribution in [0.2, 0.25) is 10.0 Å². The maximum atomic E-state index is 12.8. The molecule has 0 saturated carbocycles. The maximum absolute atomic E-state index is 12.8. The van der Waals surface area contributed by atoms with Crippen molar-refractivity contribution in [2.45, 2.75) is 6.67 Å². The molecule has 0 radical (unpaired) electrons. The third kappa shape index (κ3) is 1.53. The Labute approximate surface area is 100 Å². The molecule has 1 aliphatic rings. The smallest absolute Gasteiger partial charge is 0.257 e. The molecular weight excluding hydrogens is 260 g/mol. The molecule has 1 amide bonds. The first kappa shape index (κ1) is 10.8. The number of halogens is 3. The molecule has 0 fully saturated rings. The van der Waals surface area contributed by atoms with E-state index in [1.54, 1.807) is 0 Å². The third-order valence-electron chi connectivity index (χ3n) is 2.15. The first-order chi connectivity index (χ1) is 7.06. The number of benzene rings is 1. The maximum Gasteiger partial charge on any atom is 0.257 e. The molecule has 0 bridgehead atoms. The number of carbonyl (C=O) groups is 1. The summed E-state index contributed by atoms with van der Waals surface area (Å²) in [6, 6.07) is 1.47. The van der Waals surface area contributed by atoms with Crippen molar-refractivity contribution in [3.05, 3.63) is 32.8 Å². The Morgan fingerprint density at radius 3 is 2.73 bits per heavy atom. The second-order valence-electron chi connectivity index (χ2n) is 2.99. The van der Waals surface area contributed by atoms with Crippen molar-refractivity contribution in [3.8, 4) is 0 Å². The number of alkyl halides is 1. The van der Waals surface area contributed by atoms with E-state index in [9.17, 15) is 9.18 Å². The zero-order valence-electron chi connectivity index (χ0n) is 7.23. The second-order valence-corrected chi connectivity index (χ2v) is 4.18. The van der Waals surface area contributed by atoms with Crippen LogP contribution in [0.1, 0.15) is 21.5 Å². The molecule has 2 nitrogen and oxygen atoms in total. The normalized spacial score (nSPS) is 14.1. The second kappa shape index (κ2) is 3.70. The van der Waals surface area contributed by atoms with Crippen LogP contribution in [0, 0.1) is 0 Å². The van der Waals surface area contributed by atoms with E-state index in [0.29, 0.717) is 5.56 Å². The Hall–Kier alpha value is -0.710. The Bertz CT molecular complexity index is 489. The summed E-state index contributed by atoms with van der Waals surface area (Å²) in [5, 5.41) is 2.68. The van der Waals surface area contributed by atoms with Crippen molar-refractivity contribution in [2.24, 2.45) is 0 Å². The SMILES string of the molecule is O=C1NC(=S)c2cc(Cl)c(Cl)c(CF)c21. The lowest BCUT2D eigenvalue weighted by Gasteiger charge is -2.06. The van der Waals surface area contributed by atoms with Gasteiger partial charge in [0.15, 0.2) is 0 Å². The zero-order valence-corrected chi connectivity index (χ0v) is 9.56. The topological polar surface area (TPSA) is 29.1 Å². The van der Waals surface area contributed by atoms with Gasteiger partial charge < -0.3 is 5.32 Å². The van der Waals surface area contributed by atoms with Crippen molar-refractivity contribution in [2.75, 3.05) is 0 Å². The van der Waals surface area contributed by atoms with Crippen LogP contribution in [0.4, 0.5) is 4.39 Å². The number of hydrogen-bond acceptors (Lipinski definition) is 2. The summed E-state index contributed by atoms with van der Waals surface area (Å²) in [7, 11) is 0. The Morgan fingerprint density at radius 1 is 1.47 bits per heavy atom. The van der Waals surface area contributed by atoms with Crippen molar-refractivity contribution < 1.29 is 9.18 Å². The molecule has 1 aromatic carbocycles. The first-order valence-corrected chi connectivity index (χ1v) is 5.15. The molecule has 15 heavy (non-hydrogen) atoms. The molecule has 0 unspecified atom stereocenters. The Balaban J connectivity index is 2.81. The molecule has 0 spiro atoms. The van der Waals surface area contributed by atoms with E-state index in [1.807, 2.05) is 0 Å². The average Bonchev–Trinajstić information content (AvgIpc) is 2.45. The summed E-state index contributed by atoms with van der Waals surface area (Å²) >= 11 is 16.5. The van der Waals surface area contributed by atoms with Gasteiger partial charge in [0, 0.05) is 11.1 Å². The zero-order chi connectivity index (χ0) is 11.2. The van der Waals surface area contributed by atoms with E-state index in [0.717, 1.165) is 0 Å². The van der Waals surface area contributed by atoms with Crippen LogP contribution < -0.4 is 5.32 Å². The van der Waals surface area contributed by atoms with Crippen molar-refractivity contribution in [1.29, 1.82) is 0 Å². The average molecular weight is 264 g/mol. The molecule has 6 heteroatoms. The quantitative estimate of drug-likeness (QED) is 0.790. The number of carbonyl (C=O) groups excluding carboxylic acids is 1. The van der Waals surface area contributed by atoms with Gasteiger partial charge in [0.1, 0.15) is 11.7 Å². The van der Waals surface area contributed by atoms with Gasteiger partial charge in [0.05, 0.1) is 15.6 Å². The van der Waals surface area contributed by atoms with Gasteiger partial charge in [-0.1, -0.05) is 35.4 Å². The summed E-state index contributed by atoms with van der Waals surface area (Å²) < 4.78 is 12.8. The van der Waals surface area contributed by atoms with Crippen LogP contribution in [0.5, 0.6) is 0 Å². The minimum Gasteiger partial charge on any atom is -0.312 e. The fourth-order valence-corrected chi connectivity index (χ4v) is 2.15. The molecular formula is C9H4Cl2FNOS. The number of nitrogens with one attached hydrogen (secondary N) is 1. The lowest BCUT2D eigenvalue weighted by molar-refractivity contribution is 0.0982. The van der Waals surface area contributed by atoms with E-state index in [-0.39, 0.29) is 26.2 Å². The predicted molar refractivity (Wildman–Crippen MR) is 60.4 cm³/mol. The fourth-order valence-electron chi connectivity index (χ4n) is 1.48. The van der Waals surface area contributed by atoms with Gasteiger partial charge in [-0.15, -0.1) is 0 Å². The Kier molecular flexibility index (Phi) is 2.66. The fraction of sp³-hybridized carbons (Fsp3) is 0.111. The number of hydrogen-bond donors (Lipinski definition) is 1. The molecule has 0 aromatic heterocycles. The molecule has 0 aliphatic carbocycles. The van der Waals surface area contributed by atoms with Crippen LogP contribution in [0.25, 0.3) is 0 Å². The van der Waals surface area contributed by atoms with Gasteiger partial charge in [-0.2, -0.15) is 0 Å². The van der Waals surface area contributed by atoms with E-state index in [4.69, 9.17) is 35.4 Å². The van der Waals surface area contributed by atoms with Gasteiger partial charge >= 0.3 is 0 Å². The minimum absolute atomic E-state index is 0.0674. The summed E-state index contributed by atoms with van der Waals surface area (Å²) in [5.41, 5.74) is 0.727. The van der Waals surface area contributed by atoms with E-state index in [2.05, 4.69) is 5.32 Å². The molecule has 2 rings (SSSR count). The predicted octanol–water partition coefficient (Wildman–Crippen LogP) is 2.88. The van der Waals surface area contributed by atoms with Gasteiger partial charge in [-0.25, -0.2) is 4.39 Å². The molecule has 1 aliphatic heterocycles. The van der Waals surface area contributed by atoms with Crippen LogP contribution in [-0.4, -0.2) is 10.9 Å². The lowest BCUT2D eigenvalue weighted by Crippen LogP contribution is -2.19. The van der Waals surface area contributed by atoms with E-state index in [1.165, 1.54) is 6.07 Å². The standard InChI is InChI=1S/C9H4Cl2FNOS/c10-5-1-3-6(4(2-12)7(5)11)8(14)13-9(3)15/h1H,2H2,(H,13,14,15). The van der Waals surface area contributed by atoms with Crippen LogP contribution in [0.15, 0.2) is 6.07 Å². The van der Waals surface area contributed by atoms with Gasteiger partial charge in [-0.3, -0.25) is 4.79 Å². The molecule has 78 valence electrons. The van der Waals surface area contributed by atoms with E-state index < -0.39 is 12.6 Å². The molecule has 1 aromatic rings. The van der Waals surface area contributed by atoms with Crippen molar-refractivity contribution in [3.63, 3.8) is 0 Å². The van der Waals surface area contributed by atoms with Gasteiger partial charge in [0.25, 0.3) is 5.91 Å². The monoisotopic (exact) mass is 263 g/mol.